The summed E-state index contributed by atoms with van der Waals surface area (Å²) in [5.74, 6) is 0.858. The number of hydrogen-bond donors (Lipinski definition) is 0. The molecule has 0 bridgehead atoms. The summed E-state index contributed by atoms with van der Waals surface area (Å²) in [5.41, 5.74) is 3.53. The zero-order valence-electron chi connectivity index (χ0n) is 15.7. The van der Waals surface area contributed by atoms with E-state index in [4.69, 9.17) is 21.1 Å². The molecule has 26 heavy (non-hydrogen) atoms. The Bertz CT molecular complexity index is 700. The number of hydrogen-bond acceptors (Lipinski definition) is 3. The van der Waals surface area contributed by atoms with E-state index in [-0.39, 0.29) is 6.10 Å². The van der Waals surface area contributed by atoms with Crippen molar-refractivity contribution in [3.8, 4) is 5.75 Å². The standard InChI is InChI=1S/C22H28ClNO2/c1-3-12-24-13-14-25-22(15-24)18-8-10-19(11-9-18)26-16-20-17(4-2)6-5-7-21(20)23/h5-11,22H,3-4,12-16H2,1-2H3. The Morgan fingerprint density at radius 2 is 1.96 bits per heavy atom. The van der Waals surface area contributed by atoms with Crippen molar-refractivity contribution >= 4 is 11.6 Å². The molecular formula is C22H28ClNO2. The van der Waals surface area contributed by atoms with Crippen molar-refractivity contribution in [1.82, 2.24) is 4.90 Å². The van der Waals surface area contributed by atoms with Crippen LogP contribution in [0.5, 0.6) is 5.75 Å². The summed E-state index contributed by atoms with van der Waals surface area (Å²) >= 11 is 6.34. The SMILES string of the molecule is CCCN1CCOC(c2ccc(OCc3c(Cl)cccc3CC)cc2)C1. The summed E-state index contributed by atoms with van der Waals surface area (Å²) in [4.78, 5) is 2.47. The molecule has 0 amide bonds. The van der Waals surface area contributed by atoms with Gasteiger partial charge in [0.25, 0.3) is 0 Å². The van der Waals surface area contributed by atoms with Crippen molar-refractivity contribution in [2.45, 2.75) is 39.4 Å². The first-order valence-electron chi connectivity index (χ1n) is 9.54. The van der Waals surface area contributed by atoms with Crippen molar-refractivity contribution in [2.24, 2.45) is 0 Å². The predicted molar refractivity (Wildman–Crippen MR) is 107 cm³/mol. The first kappa shape index (κ1) is 19.2. The molecule has 2 aromatic rings. The van der Waals surface area contributed by atoms with Gasteiger partial charge in [-0.25, -0.2) is 0 Å². The van der Waals surface area contributed by atoms with E-state index in [1.807, 2.05) is 24.3 Å². The van der Waals surface area contributed by atoms with E-state index in [1.54, 1.807) is 0 Å². The lowest BCUT2D eigenvalue weighted by atomic mass is 10.1. The molecule has 1 aliphatic rings. The molecule has 0 radical (unpaired) electrons. The molecule has 0 saturated carbocycles. The fourth-order valence-electron chi connectivity index (χ4n) is 3.45. The number of halogens is 1. The molecule has 0 aliphatic carbocycles. The number of nitrogens with zero attached hydrogens (tertiary/aromatic N) is 1. The lowest BCUT2D eigenvalue weighted by Gasteiger charge is -2.33. The first-order valence-corrected chi connectivity index (χ1v) is 9.92. The van der Waals surface area contributed by atoms with Crippen LogP contribution in [-0.4, -0.2) is 31.1 Å². The van der Waals surface area contributed by atoms with Gasteiger partial charge < -0.3 is 9.47 Å². The molecule has 1 heterocycles. The topological polar surface area (TPSA) is 21.7 Å². The molecule has 1 saturated heterocycles. The number of rotatable bonds is 7. The highest BCUT2D eigenvalue weighted by molar-refractivity contribution is 6.31. The van der Waals surface area contributed by atoms with Crippen molar-refractivity contribution in [1.29, 1.82) is 0 Å². The molecule has 0 aromatic heterocycles. The van der Waals surface area contributed by atoms with Crippen LogP contribution in [0, 0.1) is 0 Å². The molecule has 1 atom stereocenters. The zero-order chi connectivity index (χ0) is 18.4. The van der Waals surface area contributed by atoms with Crippen molar-refractivity contribution in [3.63, 3.8) is 0 Å². The van der Waals surface area contributed by atoms with Crippen molar-refractivity contribution < 1.29 is 9.47 Å². The third kappa shape index (κ3) is 4.79. The zero-order valence-corrected chi connectivity index (χ0v) is 16.5. The molecule has 1 fully saturated rings. The fourth-order valence-corrected chi connectivity index (χ4v) is 3.70. The average Bonchev–Trinajstić information content (AvgIpc) is 2.68. The van der Waals surface area contributed by atoms with Crippen LogP contribution in [0.15, 0.2) is 42.5 Å². The van der Waals surface area contributed by atoms with Gasteiger partial charge in [0.05, 0.1) is 12.7 Å². The maximum absolute atomic E-state index is 6.34. The van der Waals surface area contributed by atoms with Gasteiger partial charge in [-0.3, -0.25) is 4.90 Å². The second kappa shape index (κ2) is 9.40. The second-order valence-electron chi connectivity index (χ2n) is 6.75. The summed E-state index contributed by atoms with van der Waals surface area (Å²) in [7, 11) is 0. The van der Waals surface area contributed by atoms with E-state index < -0.39 is 0 Å². The van der Waals surface area contributed by atoms with Gasteiger partial charge in [-0.2, -0.15) is 0 Å². The lowest BCUT2D eigenvalue weighted by Crippen LogP contribution is -2.38. The molecule has 3 rings (SSSR count). The van der Waals surface area contributed by atoms with Crippen LogP contribution in [0.1, 0.15) is 43.1 Å². The van der Waals surface area contributed by atoms with Gasteiger partial charge in [-0.05, 0) is 48.7 Å². The summed E-state index contributed by atoms with van der Waals surface area (Å²) in [6.45, 7) is 8.78. The summed E-state index contributed by atoms with van der Waals surface area (Å²) in [6.07, 6.45) is 2.28. The van der Waals surface area contributed by atoms with Gasteiger partial charge >= 0.3 is 0 Å². The van der Waals surface area contributed by atoms with Crippen LogP contribution in [0.3, 0.4) is 0 Å². The van der Waals surface area contributed by atoms with Crippen LogP contribution in [0.4, 0.5) is 0 Å². The van der Waals surface area contributed by atoms with Crippen LogP contribution in [0.2, 0.25) is 5.02 Å². The molecule has 1 aliphatic heterocycles. The summed E-state index contributed by atoms with van der Waals surface area (Å²) < 4.78 is 11.9. The fraction of sp³-hybridized carbons (Fsp3) is 0.455. The van der Waals surface area contributed by atoms with Gasteiger partial charge in [-0.1, -0.05) is 49.7 Å². The Balaban J connectivity index is 1.62. The van der Waals surface area contributed by atoms with E-state index in [0.717, 1.165) is 49.0 Å². The molecule has 0 N–H and O–H groups in total. The normalized spacial score (nSPS) is 18.0. The Morgan fingerprint density at radius 3 is 2.69 bits per heavy atom. The van der Waals surface area contributed by atoms with Crippen molar-refractivity contribution in [2.75, 3.05) is 26.2 Å². The first-order chi connectivity index (χ1) is 12.7. The minimum Gasteiger partial charge on any atom is -0.489 e. The van der Waals surface area contributed by atoms with E-state index >= 15 is 0 Å². The minimum atomic E-state index is 0.152. The molecule has 1 unspecified atom stereocenters. The maximum Gasteiger partial charge on any atom is 0.119 e. The Kier molecular flexibility index (Phi) is 6.95. The van der Waals surface area contributed by atoms with E-state index in [9.17, 15) is 0 Å². The largest absolute Gasteiger partial charge is 0.489 e. The van der Waals surface area contributed by atoms with Crippen LogP contribution >= 0.6 is 11.6 Å². The van der Waals surface area contributed by atoms with Crippen LogP contribution in [0.25, 0.3) is 0 Å². The van der Waals surface area contributed by atoms with Gasteiger partial charge in [0.1, 0.15) is 12.4 Å². The maximum atomic E-state index is 6.34. The third-order valence-corrected chi connectivity index (χ3v) is 5.28. The highest BCUT2D eigenvalue weighted by Gasteiger charge is 2.21. The summed E-state index contributed by atoms with van der Waals surface area (Å²) in [5, 5.41) is 0.771. The quantitative estimate of drug-likeness (QED) is 0.660. The number of benzene rings is 2. The van der Waals surface area contributed by atoms with E-state index in [1.165, 1.54) is 17.5 Å². The van der Waals surface area contributed by atoms with Crippen molar-refractivity contribution in [3.05, 3.63) is 64.2 Å². The lowest BCUT2D eigenvalue weighted by molar-refractivity contribution is -0.0298. The summed E-state index contributed by atoms with van der Waals surface area (Å²) in [6, 6.07) is 14.3. The predicted octanol–water partition coefficient (Wildman–Crippen LogP) is 5.26. The molecule has 2 aromatic carbocycles. The second-order valence-corrected chi connectivity index (χ2v) is 7.16. The Labute approximate surface area is 161 Å². The Hall–Kier alpha value is -1.55. The molecule has 3 nitrogen and oxygen atoms in total. The number of morpholine rings is 1. The highest BCUT2D eigenvalue weighted by Crippen LogP contribution is 2.26. The monoisotopic (exact) mass is 373 g/mol. The van der Waals surface area contributed by atoms with E-state index in [0.29, 0.717) is 6.61 Å². The number of ether oxygens (including phenoxy) is 2. The van der Waals surface area contributed by atoms with Gasteiger partial charge in [-0.15, -0.1) is 0 Å². The van der Waals surface area contributed by atoms with E-state index in [2.05, 4.69) is 36.9 Å². The van der Waals surface area contributed by atoms with Crippen LogP contribution < -0.4 is 4.74 Å². The van der Waals surface area contributed by atoms with Gasteiger partial charge in [0.15, 0.2) is 0 Å². The average molecular weight is 374 g/mol. The smallest absolute Gasteiger partial charge is 0.119 e. The van der Waals surface area contributed by atoms with Crippen LogP contribution in [-0.2, 0) is 17.8 Å². The molecular weight excluding hydrogens is 346 g/mol. The molecule has 0 spiro atoms. The van der Waals surface area contributed by atoms with Gasteiger partial charge in [0.2, 0.25) is 0 Å². The highest BCUT2D eigenvalue weighted by atomic mass is 35.5. The molecule has 140 valence electrons. The van der Waals surface area contributed by atoms with Gasteiger partial charge in [0, 0.05) is 23.7 Å². The minimum absolute atomic E-state index is 0.152. The third-order valence-electron chi connectivity index (χ3n) is 4.92. The molecule has 4 heteroatoms. The Morgan fingerprint density at radius 1 is 1.15 bits per heavy atom. The number of aryl methyl sites for hydroxylation is 1.